The summed E-state index contributed by atoms with van der Waals surface area (Å²) in [4.78, 5) is 21.6. The van der Waals surface area contributed by atoms with Crippen molar-refractivity contribution in [3.05, 3.63) is 33.6 Å². The Bertz CT molecular complexity index is 529. The molecule has 0 aromatic heterocycles. The quantitative estimate of drug-likeness (QED) is 0.515. The van der Waals surface area contributed by atoms with E-state index >= 15 is 0 Å². The van der Waals surface area contributed by atoms with Crippen molar-refractivity contribution < 1.29 is 18.8 Å². The van der Waals surface area contributed by atoms with Crippen molar-refractivity contribution in [3.63, 3.8) is 0 Å². The van der Waals surface area contributed by atoms with E-state index < -0.39 is 16.7 Å². The van der Waals surface area contributed by atoms with E-state index in [-0.39, 0.29) is 23.0 Å². The summed E-state index contributed by atoms with van der Waals surface area (Å²) in [5.41, 5.74) is -0.538. The van der Waals surface area contributed by atoms with E-state index in [2.05, 4.69) is 10.1 Å². The van der Waals surface area contributed by atoms with Crippen molar-refractivity contribution in [3.8, 4) is 0 Å². The Balaban J connectivity index is 2.40. The van der Waals surface area contributed by atoms with Gasteiger partial charge in [0.1, 0.15) is 11.5 Å². The summed E-state index contributed by atoms with van der Waals surface area (Å²) in [6, 6.07) is 2.01. The van der Waals surface area contributed by atoms with Crippen LogP contribution in [0.2, 0.25) is 0 Å². The molecule has 19 heavy (non-hydrogen) atoms. The van der Waals surface area contributed by atoms with E-state index in [1.54, 1.807) is 0 Å². The summed E-state index contributed by atoms with van der Waals surface area (Å²) in [5.74, 6) is -1.82. The maximum absolute atomic E-state index is 13.6. The number of ether oxygens (including phenoxy) is 1. The molecule has 0 bridgehead atoms. The van der Waals surface area contributed by atoms with Crippen LogP contribution in [0.3, 0.4) is 0 Å². The number of hydrogen-bond acceptors (Lipinski definition) is 5. The minimum Gasteiger partial charge on any atom is -0.465 e. The summed E-state index contributed by atoms with van der Waals surface area (Å²) in [7, 11) is 1.13. The number of carbonyl (C=O) groups is 1. The second-order valence-corrected chi connectivity index (χ2v) is 4.37. The van der Waals surface area contributed by atoms with Gasteiger partial charge < -0.3 is 10.1 Å². The van der Waals surface area contributed by atoms with Crippen LogP contribution in [0.15, 0.2) is 12.1 Å². The van der Waals surface area contributed by atoms with E-state index in [9.17, 15) is 19.3 Å². The van der Waals surface area contributed by atoms with Crippen molar-refractivity contribution in [2.75, 3.05) is 12.4 Å². The SMILES string of the molecule is COC(=O)c1cc(NC2CCC2)c([N+](=O)[O-])cc1F. The van der Waals surface area contributed by atoms with Crippen molar-refractivity contribution in [2.45, 2.75) is 25.3 Å². The molecule has 0 radical (unpaired) electrons. The average molecular weight is 268 g/mol. The fraction of sp³-hybridized carbons (Fsp3) is 0.417. The molecule has 1 aromatic rings. The predicted octanol–water partition coefficient (Wildman–Crippen LogP) is 2.48. The molecule has 1 fully saturated rings. The van der Waals surface area contributed by atoms with Gasteiger partial charge >= 0.3 is 5.97 Å². The Morgan fingerprint density at radius 2 is 2.21 bits per heavy atom. The molecule has 0 atom stereocenters. The molecule has 6 nitrogen and oxygen atoms in total. The zero-order valence-electron chi connectivity index (χ0n) is 10.3. The van der Waals surface area contributed by atoms with Crippen LogP contribution >= 0.6 is 0 Å². The number of methoxy groups -OCH3 is 1. The number of hydrogen-bond donors (Lipinski definition) is 1. The number of halogens is 1. The first-order valence-corrected chi connectivity index (χ1v) is 5.85. The van der Waals surface area contributed by atoms with Gasteiger partial charge in [-0.2, -0.15) is 0 Å². The Kier molecular flexibility index (Phi) is 3.64. The lowest BCUT2D eigenvalue weighted by Crippen LogP contribution is -2.27. The van der Waals surface area contributed by atoms with Crippen molar-refractivity contribution >= 4 is 17.3 Å². The molecule has 1 aromatic carbocycles. The van der Waals surface area contributed by atoms with E-state index in [1.165, 1.54) is 0 Å². The van der Waals surface area contributed by atoms with Gasteiger partial charge in [-0.1, -0.05) is 0 Å². The third-order valence-corrected chi connectivity index (χ3v) is 3.15. The van der Waals surface area contributed by atoms with Crippen LogP contribution in [-0.2, 0) is 4.74 Å². The smallest absolute Gasteiger partial charge is 0.340 e. The number of carbonyl (C=O) groups excluding carboxylic acids is 1. The van der Waals surface area contributed by atoms with Crippen LogP contribution in [0.5, 0.6) is 0 Å². The van der Waals surface area contributed by atoms with Gasteiger partial charge in [0.05, 0.1) is 23.7 Å². The van der Waals surface area contributed by atoms with Gasteiger partial charge in [-0.25, -0.2) is 9.18 Å². The molecule has 0 aliphatic heterocycles. The zero-order valence-corrected chi connectivity index (χ0v) is 10.3. The summed E-state index contributed by atoms with van der Waals surface area (Å²) >= 11 is 0. The van der Waals surface area contributed by atoms with E-state index in [0.717, 1.165) is 38.5 Å². The molecule has 0 unspecified atom stereocenters. The van der Waals surface area contributed by atoms with E-state index in [0.29, 0.717) is 0 Å². The second kappa shape index (κ2) is 5.21. The lowest BCUT2D eigenvalue weighted by Gasteiger charge is -2.27. The van der Waals surface area contributed by atoms with Gasteiger partial charge in [0.25, 0.3) is 5.69 Å². The molecule has 1 saturated carbocycles. The summed E-state index contributed by atoms with van der Waals surface area (Å²) < 4.78 is 18.1. The highest BCUT2D eigenvalue weighted by molar-refractivity contribution is 5.92. The lowest BCUT2D eigenvalue weighted by atomic mass is 9.93. The largest absolute Gasteiger partial charge is 0.465 e. The fourth-order valence-corrected chi connectivity index (χ4v) is 1.87. The van der Waals surface area contributed by atoms with E-state index in [1.807, 2.05) is 0 Å². The molecule has 0 spiro atoms. The molecule has 0 saturated heterocycles. The molecular formula is C12H13FN2O4. The second-order valence-electron chi connectivity index (χ2n) is 4.37. The molecule has 102 valence electrons. The van der Waals surface area contributed by atoms with Crippen molar-refractivity contribution in [1.29, 1.82) is 0 Å². The number of benzene rings is 1. The normalized spacial score (nSPS) is 14.6. The first-order chi connectivity index (χ1) is 9.02. The number of anilines is 1. The minimum atomic E-state index is -0.960. The Morgan fingerprint density at radius 3 is 2.68 bits per heavy atom. The van der Waals surface area contributed by atoms with Gasteiger partial charge in [0.2, 0.25) is 0 Å². The maximum atomic E-state index is 13.6. The molecule has 0 heterocycles. The molecule has 2 rings (SSSR count). The number of esters is 1. The highest BCUT2D eigenvalue weighted by Crippen LogP contribution is 2.32. The monoisotopic (exact) mass is 268 g/mol. The number of nitrogens with zero attached hydrogens (tertiary/aromatic N) is 1. The highest BCUT2D eigenvalue weighted by atomic mass is 19.1. The molecule has 7 heteroatoms. The number of nitro benzene ring substituents is 1. The van der Waals surface area contributed by atoms with Gasteiger partial charge in [-0.3, -0.25) is 10.1 Å². The van der Waals surface area contributed by atoms with Crippen LogP contribution in [-0.4, -0.2) is 24.0 Å². The first kappa shape index (κ1) is 13.3. The van der Waals surface area contributed by atoms with Crippen LogP contribution in [0.25, 0.3) is 0 Å². The van der Waals surface area contributed by atoms with Crippen molar-refractivity contribution in [2.24, 2.45) is 0 Å². The average Bonchev–Trinajstić information content (AvgIpc) is 2.33. The highest BCUT2D eigenvalue weighted by Gasteiger charge is 2.25. The van der Waals surface area contributed by atoms with Crippen LogP contribution in [0.1, 0.15) is 29.6 Å². The van der Waals surface area contributed by atoms with Gasteiger partial charge in [0, 0.05) is 6.04 Å². The maximum Gasteiger partial charge on any atom is 0.340 e. The summed E-state index contributed by atoms with van der Waals surface area (Å²) in [6.07, 6.45) is 2.86. The van der Waals surface area contributed by atoms with Gasteiger partial charge in [0.15, 0.2) is 0 Å². The number of rotatable bonds is 4. The topological polar surface area (TPSA) is 81.5 Å². The lowest BCUT2D eigenvalue weighted by molar-refractivity contribution is -0.384. The van der Waals surface area contributed by atoms with Crippen LogP contribution in [0.4, 0.5) is 15.8 Å². The third-order valence-electron chi connectivity index (χ3n) is 3.15. The Hall–Kier alpha value is -2.18. The fourth-order valence-electron chi connectivity index (χ4n) is 1.87. The Labute approximate surface area is 108 Å². The molecule has 1 N–H and O–H groups in total. The zero-order chi connectivity index (χ0) is 14.0. The summed E-state index contributed by atoms with van der Waals surface area (Å²) in [5, 5.41) is 13.9. The summed E-state index contributed by atoms with van der Waals surface area (Å²) in [6.45, 7) is 0. The molecule has 1 aliphatic rings. The molecule has 0 amide bonds. The van der Waals surface area contributed by atoms with Crippen molar-refractivity contribution in [1.82, 2.24) is 0 Å². The third kappa shape index (κ3) is 2.64. The molecular weight excluding hydrogens is 255 g/mol. The van der Waals surface area contributed by atoms with E-state index in [4.69, 9.17) is 0 Å². The van der Waals surface area contributed by atoms with Crippen LogP contribution in [0, 0.1) is 15.9 Å². The van der Waals surface area contributed by atoms with Crippen LogP contribution < -0.4 is 5.32 Å². The number of nitrogens with one attached hydrogen (secondary N) is 1. The Morgan fingerprint density at radius 1 is 1.53 bits per heavy atom. The minimum absolute atomic E-state index is 0.134. The van der Waals surface area contributed by atoms with Gasteiger partial charge in [-0.05, 0) is 25.3 Å². The standard InChI is InChI=1S/C12H13FN2O4/c1-19-12(16)8-5-10(14-7-3-2-4-7)11(15(17)18)6-9(8)13/h5-7,14H,2-4H2,1H3. The molecule has 1 aliphatic carbocycles. The van der Waals surface area contributed by atoms with Gasteiger partial charge in [-0.15, -0.1) is 0 Å². The predicted molar refractivity (Wildman–Crippen MR) is 65.7 cm³/mol. The number of nitro groups is 1. The first-order valence-electron chi connectivity index (χ1n) is 5.85.